The van der Waals surface area contributed by atoms with E-state index < -0.39 is 15.9 Å². The van der Waals surface area contributed by atoms with Gasteiger partial charge in [0.05, 0.1) is 5.56 Å². The van der Waals surface area contributed by atoms with Crippen LogP contribution in [0.2, 0.25) is 0 Å². The first kappa shape index (κ1) is 20.5. The van der Waals surface area contributed by atoms with Gasteiger partial charge in [-0.3, -0.25) is 9.59 Å². The number of aryl methyl sites for hydroxylation is 1. The molecule has 2 aromatic rings. The Bertz CT molecular complexity index is 1180. The van der Waals surface area contributed by atoms with Crippen LogP contribution in [-0.4, -0.2) is 44.1 Å². The van der Waals surface area contributed by atoms with E-state index >= 15 is 0 Å². The lowest BCUT2D eigenvalue weighted by Crippen LogP contribution is -2.41. The molecule has 1 fully saturated rings. The van der Waals surface area contributed by atoms with Crippen molar-refractivity contribution < 1.29 is 18.0 Å². The number of hydrogen-bond donors (Lipinski definition) is 2. The van der Waals surface area contributed by atoms with Crippen molar-refractivity contribution >= 4 is 44.0 Å². The number of fused-ring (bicyclic) bond motifs is 1. The number of primary amides is 1. The van der Waals surface area contributed by atoms with Crippen LogP contribution in [0.15, 0.2) is 33.6 Å². The standard InChI is InChI=1S/C20H22N4O4S2/c1-11-12(2)29-20(16(11)17(21)25)22-19(26)13-7-9-24(10-8-13)18-14-5-3-4-6-15(14)30(27,28)23-18/h3-6,13H,7-10H2,1-2H3,(H2,21,25)(H,22,26). The lowest BCUT2D eigenvalue weighted by Gasteiger charge is -2.32. The number of likely N-dealkylation sites (tertiary alicyclic amines) is 1. The molecule has 1 aromatic heterocycles. The van der Waals surface area contributed by atoms with Crippen LogP contribution in [0, 0.1) is 19.8 Å². The second-order valence-electron chi connectivity index (χ2n) is 7.49. The van der Waals surface area contributed by atoms with Gasteiger partial charge in [-0.05, 0) is 44.4 Å². The van der Waals surface area contributed by atoms with Gasteiger partial charge in [0.15, 0.2) is 5.84 Å². The molecule has 1 saturated heterocycles. The van der Waals surface area contributed by atoms with Gasteiger partial charge in [-0.2, -0.15) is 8.42 Å². The number of anilines is 1. The Kier molecular flexibility index (Phi) is 5.15. The van der Waals surface area contributed by atoms with E-state index in [4.69, 9.17) is 5.73 Å². The summed E-state index contributed by atoms with van der Waals surface area (Å²) in [5.41, 5.74) is 7.24. The monoisotopic (exact) mass is 446 g/mol. The number of nitrogens with zero attached hydrogens (tertiary/aromatic N) is 2. The molecule has 1 aromatic carbocycles. The van der Waals surface area contributed by atoms with Gasteiger partial charge < -0.3 is 16.0 Å². The maximum Gasteiger partial charge on any atom is 0.285 e. The number of carbonyl (C=O) groups excluding carboxylic acids is 2. The highest BCUT2D eigenvalue weighted by Crippen LogP contribution is 2.34. The summed E-state index contributed by atoms with van der Waals surface area (Å²) in [4.78, 5) is 27.6. The molecule has 158 valence electrons. The number of amides is 2. The van der Waals surface area contributed by atoms with Crippen LogP contribution < -0.4 is 11.1 Å². The summed E-state index contributed by atoms with van der Waals surface area (Å²) in [6.07, 6.45) is 1.12. The third-order valence-corrected chi connectivity index (χ3v) is 8.09. The smallest absolute Gasteiger partial charge is 0.285 e. The third-order valence-electron chi connectivity index (χ3n) is 5.65. The number of carbonyl (C=O) groups is 2. The van der Waals surface area contributed by atoms with Gasteiger partial charge in [-0.15, -0.1) is 15.7 Å². The second kappa shape index (κ2) is 7.51. The fourth-order valence-electron chi connectivity index (χ4n) is 3.90. The van der Waals surface area contributed by atoms with Crippen LogP contribution in [0.25, 0.3) is 0 Å². The number of nitrogens with one attached hydrogen (secondary N) is 1. The highest BCUT2D eigenvalue weighted by Gasteiger charge is 2.34. The number of thiophene rings is 1. The molecule has 10 heteroatoms. The number of nitrogens with two attached hydrogens (primary N) is 1. The minimum Gasteiger partial charge on any atom is -0.365 e. The molecular formula is C20H22N4O4S2. The number of rotatable bonds is 3. The summed E-state index contributed by atoms with van der Waals surface area (Å²) in [7, 11) is -3.66. The highest BCUT2D eigenvalue weighted by atomic mass is 32.2. The molecule has 30 heavy (non-hydrogen) atoms. The van der Waals surface area contributed by atoms with Crippen LogP contribution in [0.1, 0.15) is 39.2 Å². The molecule has 0 atom stereocenters. The molecule has 0 aliphatic carbocycles. The number of amidine groups is 1. The topological polar surface area (TPSA) is 122 Å². The van der Waals surface area contributed by atoms with Crippen molar-refractivity contribution in [3.05, 3.63) is 45.8 Å². The Morgan fingerprint density at radius 3 is 2.53 bits per heavy atom. The Labute approximate surface area is 178 Å². The zero-order valence-electron chi connectivity index (χ0n) is 16.6. The molecule has 0 spiro atoms. The molecule has 2 aliphatic heterocycles. The summed E-state index contributed by atoms with van der Waals surface area (Å²) in [6.45, 7) is 4.74. The predicted molar refractivity (Wildman–Crippen MR) is 115 cm³/mol. The van der Waals surface area contributed by atoms with Gasteiger partial charge in [0, 0.05) is 29.4 Å². The first-order chi connectivity index (χ1) is 14.2. The zero-order chi connectivity index (χ0) is 21.6. The molecule has 0 unspecified atom stereocenters. The van der Waals surface area contributed by atoms with Crippen LogP contribution >= 0.6 is 11.3 Å². The third kappa shape index (κ3) is 3.50. The van der Waals surface area contributed by atoms with E-state index in [1.165, 1.54) is 11.3 Å². The van der Waals surface area contributed by atoms with Gasteiger partial charge in [0.2, 0.25) is 5.91 Å². The van der Waals surface area contributed by atoms with Crippen molar-refractivity contribution in [3.63, 3.8) is 0 Å². The van der Waals surface area contributed by atoms with Crippen LogP contribution in [0.3, 0.4) is 0 Å². The van der Waals surface area contributed by atoms with Crippen molar-refractivity contribution in [3.8, 4) is 0 Å². The molecule has 3 heterocycles. The Balaban J connectivity index is 1.45. The molecule has 2 aliphatic rings. The van der Waals surface area contributed by atoms with E-state index in [1.54, 1.807) is 24.3 Å². The molecule has 3 N–H and O–H groups in total. The lowest BCUT2D eigenvalue weighted by atomic mass is 9.95. The van der Waals surface area contributed by atoms with Gasteiger partial charge in [0.25, 0.3) is 15.9 Å². The summed E-state index contributed by atoms with van der Waals surface area (Å²) < 4.78 is 28.5. The molecule has 0 saturated carbocycles. The number of benzene rings is 1. The van der Waals surface area contributed by atoms with Crippen molar-refractivity contribution in [2.24, 2.45) is 16.0 Å². The van der Waals surface area contributed by atoms with Crippen LogP contribution in [0.5, 0.6) is 0 Å². The molecule has 0 radical (unpaired) electrons. The van der Waals surface area contributed by atoms with E-state index in [2.05, 4.69) is 9.71 Å². The lowest BCUT2D eigenvalue weighted by molar-refractivity contribution is -0.120. The first-order valence-electron chi connectivity index (χ1n) is 9.59. The number of sulfonamides is 1. The maximum absolute atomic E-state index is 12.8. The molecule has 0 bridgehead atoms. The minimum atomic E-state index is -3.66. The summed E-state index contributed by atoms with van der Waals surface area (Å²) in [5.74, 6) is -0.496. The Morgan fingerprint density at radius 1 is 1.20 bits per heavy atom. The fourth-order valence-corrected chi connectivity index (χ4v) is 6.19. The zero-order valence-corrected chi connectivity index (χ0v) is 18.3. The summed E-state index contributed by atoms with van der Waals surface area (Å²) >= 11 is 1.35. The largest absolute Gasteiger partial charge is 0.365 e. The number of hydrogen-bond acceptors (Lipinski definition) is 6. The molecule has 4 rings (SSSR count). The molecule has 2 amide bonds. The van der Waals surface area contributed by atoms with E-state index in [-0.39, 0.29) is 16.7 Å². The minimum absolute atomic E-state index is 0.153. The van der Waals surface area contributed by atoms with Gasteiger partial charge in [-0.1, -0.05) is 12.1 Å². The second-order valence-corrected chi connectivity index (χ2v) is 10.3. The van der Waals surface area contributed by atoms with Gasteiger partial charge in [-0.25, -0.2) is 0 Å². The van der Waals surface area contributed by atoms with Crippen LogP contribution in [0.4, 0.5) is 5.00 Å². The van der Waals surface area contributed by atoms with E-state index in [1.807, 2.05) is 18.7 Å². The fraction of sp³-hybridized carbons (Fsp3) is 0.350. The van der Waals surface area contributed by atoms with Crippen molar-refractivity contribution in [1.29, 1.82) is 0 Å². The quantitative estimate of drug-likeness (QED) is 0.749. The van der Waals surface area contributed by atoms with Crippen molar-refractivity contribution in [2.75, 3.05) is 18.4 Å². The number of piperidine rings is 1. The SMILES string of the molecule is Cc1sc(NC(=O)C2CCN(C3=NS(=O)(=O)c4ccccc43)CC2)c(C(N)=O)c1C. The first-order valence-corrected chi connectivity index (χ1v) is 11.8. The Hall–Kier alpha value is -2.72. The van der Waals surface area contributed by atoms with E-state index in [0.717, 1.165) is 10.4 Å². The average molecular weight is 447 g/mol. The van der Waals surface area contributed by atoms with Gasteiger partial charge in [0.1, 0.15) is 9.90 Å². The molecular weight excluding hydrogens is 424 g/mol. The van der Waals surface area contributed by atoms with Crippen molar-refractivity contribution in [1.82, 2.24) is 4.90 Å². The Morgan fingerprint density at radius 2 is 1.87 bits per heavy atom. The van der Waals surface area contributed by atoms with E-state index in [9.17, 15) is 18.0 Å². The highest BCUT2D eigenvalue weighted by molar-refractivity contribution is 7.90. The normalized spacial score (nSPS) is 18.1. The molecule has 8 nitrogen and oxygen atoms in total. The maximum atomic E-state index is 12.8. The summed E-state index contributed by atoms with van der Waals surface area (Å²) in [6, 6.07) is 6.78. The summed E-state index contributed by atoms with van der Waals surface area (Å²) in [5, 5.41) is 3.36. The van der Waals surface area contributed by atoms with E-state index in [0.29, 0.717) is 47.9 Å². The van der Waals surface area contributed by atoms with Gasteiger partial charge >= 0.3 is 0 Å². The van der Waals surface area contributed by atoms with Crippen molar-refractivity contribution in [2.45, 2.75) is 31.6 Å². The average Bonchev–Trinajstić information content (AvgIpc) is 3.15. The van der Waals surface area contributed by atoms with Crippen LogP contribution in [-0.2, 0) is 14.8 Å². The predicted octanol–water partition coefficient (Wildman–Crippen LogP) is 2.26.